The predicted octanol–water partition coefficient (Wildman–Crippen LogP) is 0.606. The van der Waals surface area contributed by atoms with Crippen LogP contribution in [0.5, 0.6) is 0 Å². The lowest BCUT2D eigenvalue weighted by Crippen LogP contribution is -2.52. The van der Waals surface area contributed by atoms with Crippen LogP contribution in [0.15, 0.2) is 0 Å². The fourth-order valence-corrected chi connectivity index (χ4v) is 3.48. The molecule has 2 rings (SSSR count). The minimum absolute atomic E-state index is 0.0647. The third-order valence-corrected chi connectivity index (χ3v) is 4.42. The number of rotatable bonds is 2. The molecule has 0 bridgehead atoms. The van der Waals surface area contributed by atoms with Crippen molar-refractivity contribution in [1.82, 2.24) is 10.6 Å². The first-order chi connectivity index (χ1) is 6.77. The highest BCUT2D eigenvalue weighted by molar-refractivity contribution is 7.99. The van der Waals surface area contributed by atoms with Crippen molar-refractivity contribution in [2.45, 2.75) is 31.8 Å². The fraction of sp³-hybridized carbons (Fsp3) is 0.900. The maximum atomic E-state index is 11.5. The third kappa shape index (κ3) is 2.23. The normalized spacial score (nSPS) is 38.4. The molecule has 2 aliphatic heterocycles. The molecule has 3 unspecified atom stereocenters. The van der Waals surface area contributed by atoms with E-state index >= 15 is 0 Å². The molecule has 3 nitrogen and oxygen atoms in total. The van der Waals surface area contributed by atoms with E-state index in [4.69, 9.17) is 0 Å². The largest absolute Gasteiger partial charge is 0.355 e. The summed E-state index contributed by atoms with van der Waals surface area (Å²) >= 11 is 1.99. The van der Waals surface area contributed by atoms with Crippen LogP contribution in [0.25, 0.3) is 0 Å². The molecule has 0 aromatic carbocycles. The third-order valence-electron chi connectivity index (χ3n) is 3.07. The minimum Gasteiger partial charge on any atom is -0.355 e. The smallest absolute Gasteiger partial charge is 0.237 e. The zero-order valence-corrected chi connectivity index (χ0v) is 9.40. The number of carbonyl (C=O) groups excluding carboxylic acids is 1. The van der Waals surface area contributed by atoms with Gasteiger partial charge in [0.15, 0.2) is 0 Å². The molecule has 2 N–H and O–H groups in total. The van der Waals surface area contributed by atoms with Gasteiger partial charge >= 0.3 is 0 Å². The molecule has 14 heavy (non-hydrogen) atoms. The van der Waals surface area contributed by atoms with Crippen LogP contribution in [-0.2, 0) is 4.79 Å². The average Bonchev–Trinajstić information content (AvgIpc) is 2.56. The van der Waals surface area contributed by atoms with E-state index in [1.54, 1.807) is 0 Å². The van der Waals surface area contributed by atoms with E-state index in [-0.39, 0.29) is 11.9 Å². The van der Waals surface area contributed by atoms with Gasteiger partial charge in [-0.25, -0.2) is 0 Å². The van der Waals surface area contributed by atoms with E-state index in [1.165, 1.54) is 5.75 Å². The Hall–Kier alpha value is -0.220. The van der Waals surface area contributed by atoms with E-state index in [1.807, 2.05) is 11.8 Å². The van der Waals surface area contributed by atoms with E-state index in [2.05, 4.69) is 17.6 Å². The van der Waals surface area contributed by atoms with Crippen molar-refractivity contribution in [3.05, 3.63) is 0 Å². The Bertz CT molecular complexity index is 222. The van der Waals surface area contributed by atoms with E-state index in [0.717, 1.165) is 25.1 Å². The van der Waals surface area contributed by atoms with Gasteiger partial charge in [-0.2, -0.15) is 11.8 Å². The first kappa shape index (κ1) is 10.3. The summed E-state index contributed by atoms with van der Waals surface area (Å²) in [7, 11) is 0. The molecule has 80 valence electrons. The zero-order chi connectivity index (χ0) is 9.97. The number of hydrogen-bond donors (Lipinski definition) is 2. The standard InChI is InChI=1S/C10H18N2OS/c1-7-5-14-6-9(7)12-8-3-2-4-11-10(8)13/h7-9,12H,2-6H2,1H3,(H,11,13). The highest BCUT2D eigenvalue weighted by atomic mass is 32.2. The van der Waals surface area contributed by atoms with Gasteiger partial charge in [0.1, 0.15) is 0 Å². The van der Waals surface area contributed by atoms with E-state index < -0.39 is 0 Å². The molecule has 0 spiro atoms. The van der Waals surface area contributed by atoms with Crippen molar-refractivity contribution < 1.29 is 4.79 Å². The number of hydrogen-bond acceptors (Lipinski definition) is 3. The quantitative estimate of drug-likeness (QED) is 0.707. The zero-order valence-electron chi connectivity index (χ0n) is 8.58. The molecule has 3 atom stereocenters. The second-order valence-corrected chi connectivity index (χ2v) is 5.35. The maximum absolute atomic E-state index is 11.5. The monoisotopic (exact) mass is 214 g/mol. The molecular weight excluding hydrogens is 196 g/mol. The first-order valence-corrected chi connectivity index (χ1v) is 6.54. The maximum Gasteiger partial charge on any atom is 0.237 e. The molecular formula is C10H18N2OS. The number of nitrogens with one attached hydrogen (secondary N) is 2. The Morgan fingerprint density at radius 3 is 3.00 bits per heavy atom. The molecule has 0 aromatic rings. The minimum atomic E-state index is 0.0647. The number of thioether (sulfide) groups is 1. The van der Waals surface area contributed by atoms with Gasteiger partial charge in [-0.3, -0.25) is 4.79 Å². The Kier molecular flexibility index (Phi) is 3.34. The van der Waals surface area contributed by atoms with Gasteiger partial charge in [0.25, 0.3) is 0 Å². The van der Waals surface area contributed by atoms with Crippen LogP contribution in [0.4, 0.5) is 0 Å². The SMILES string of the molecule is CC1CSCC1NC1CCCNC1=O. The second-order valence-electron chi connectivity index (χ2n) is 4.27. The van der Waals surface area contributed by atoms with Crippen LogP contribution < -0.4 is 10.6 Å². The lowest BCUT2D eigenvalue weighted by atomic mass is 10.0. The van der Waals surface area contributed by atoms with Gasteiger partial charge < -0.3 is 10.6 Å². The van der Waals surface area contributed by atoms with Crippen LogP contribution in [0, 0.1) is 5.92 Å². The topological polar surface area (TPSA) is 41.1 Å². The van der Waals surface area contributed by atoms with Gasteiger partial charge in [0, 0.05) is 18.3 Å². The highest BCUT2D eigenvalue weighted by Crippen LogP contribution is 2.24. The van der Waals surface area contributed by atoms with Gasteiger partial charge in [0.2, 0.25) is 5.91 Å². The van der Waals surface area contributed by atoms with Crippen molar-refractivity contribution in [3.63, 3.8) is 0 Å². The molecule has 0 radical (unpaired) electrons. The van der Waals surface area contributed by atoms with Gasteiger partial charge in [-0.1, -0.05) is 6.92 Å². The molecule has 2 aliphatic rings. The average molecular weight is 214 g/mol. The Balaban J connectivity index is 1.86. The number of carbonyl (C=O) groups is 1. The summed E-state index contributed by atoms with van der Waals surface area (Å²) in [6, 6.07) is 0.601. The molecule has 2 saturated heterocycles. The molecule has 0 aromatic heterocycles. The summed E-state index contributed by atoms with van der Waals surface area (Å²) in [6.45, 7) is 3.12. The first-order valence-electron chi connectivity index (χ1n) is 5.39. The van der Waals surface area contributed by atoms with Gasteiger partial charge in [-0.05, 0) is 24.5 Å². The van der Waals surface area contributed by atoms with Gasteiger partial charge in [-0.15, -0.1) is 0 Å². The van der Waals surface area contributed by atoms with Crippen LogP contribution >= 0.6 is 11.8 Å². The van der Waals surface area contributed by atoms with Crippen molar-refractivity contribution in [1.29, 1.82) is 0 Å². The van der Waals surface area contributed by atoms with Crippen molar-refractivity contribution >= 4 is 17.7 Å². The summed E-state index contributed by atoms with van der Waals surface area (Å²) in [4.78, 5) is 11.5. The van der Waals surface area contributed by atoms with Crippen LogP contribution in [-0.4, -0.2) is 36.0 Å². The summed E-state index contributed by atoms with van der Waals surface area (Å²) < 4.78 is 0. The predicted molar refractivity (Wildman–Crippen MR) is 59.4 cm³/mol. The van der Waals surface area contributed by atoms with Crippen molar-refractivity contribution in [2.75, 3.05) is 18.1 Å². The summed E-state index contributed by atoms with van der Waals surface area (Å²) in [5.41, 5.74) is 0. The Morgan fingerprint density at radius 1 is 1.50 bits per heavy atom. The lowest BCUT2D eigenvalue weighted by Gasteiger charge is -2.27. The van der Waals surface area contributed by atoms with Crippen LogP contribution in [0.2, 0.25) is 0 Å². The molecule has 2 fully saturated rings. The Labute approximate surface area is 89.4 Å². The van der Waals surface area contributed by atoms with Crippen LogP contribution in [0.1, 0.15) is 19.8 Å². The lowest BCUT2D eigenvalue weighted by molar-refractivity contribution is -0.124. The van der Waals surface area contributed by atoms with Crippen molar-refractivity contribution in [3.8, 4) is 0 Å². The molecule has 1 amide bonds. The molecule has 0 saturated carbocycles. The van der Waals surface area contributed by atoms with Crippen molar-refractivity contribution in [2.24, 2.45) is 5.92 Å². The number of amides is 1. The summed E-state index contributed by atoms with van der Waals surface area (Å²) in [6.07, 6.45) is 2.11. The number of piperidine rings is 1. The summed E-state index contributed by atoms with van der Waals surface area (Å²) in [5, 5.41) is 6.40. The van der Waals surface area contributed by atoms with Crippen LogP contribution in [0.3, 0.4) is 0 Å². The summed E-state index contributed by atoms with van der Waals surface area (Å²) in [5.74, 6) is 3.28. The van der Waals surface area contributed by atoms with E-state index in [9.17, 15) is 4.79 Å². The van der Waals surface area contributed by atoms with E-state index in [0.29, 0.717) is 12.0 Å². The Morgan fingerprint density at radius 2 is 2.36 bits per heavy atom. The van der Waals surface area contributed by atoms with Gasteiger partial charge in [0.05, 0.1) is 6.04 Å². The molecule has 0 aliphatic carbocycles. The fourth-order valence-electron chi connectivity index (χ4n) is 2.06. The second kappa shape index (κ2) is 4.53. The molecule has 2 heterocycles. The highest BCUT2D eigenvalue weighted by Gasteiger charge is 2.29. The molecule has 4 heteroatoms.